The molecule has 1 aliphatic rings. The fourth-order valence-corrected chi connectivity index (χ4v) is 4.24. The molecule has 0 unspecified atom stereocenters. The van der Waals surface area contributed by atoms with Crippen molar-refractivity contribution in [2.75, 3.05) is 27.2 Å². The molecule has 0 radical (unpaired) electrons. The zero-order valence-electron chi connectivity index (χ0n) is 15.0. The first-order chi connectivity index (χ1) is 11.8. The van der Waals surface area contributed by atoms with Gasteiger partial charge in [0.1, 0.15) is 5.82 Å². The van der Waals surface area contributed by atoms with E-state index in [1.54, 1.807) is 25.0 Å². The number of aromatic nitrogens is 4. The van der Waals surface area contributed by atoms with Crippen LogP contribution in [0.2, 0.25) is 0 Å². The van der Waals surface area contributed by atoms with E-state index in [9.17, 15) is 8.42 Å². The van der Waals surface area contributed by atoms with Gasteiger partial charge in [0.05, 0.1) is 11.4 Å². The molecule has 25 heavy (non-hydrogen) atoms. The maximum Gasteiger partial charge on any atom is 0.281 e. The quantitative estimate of drug-likeness (QED) is 0.813. The number of nitrogens with zero attached hydrogens (tertiary/aromatic N) is 6. The summed E-state index contributed by atoms with van der Waals surface area (Å²) >= 11 is 0. The van der Waals surface area contributed by atoms with Crippen LogP contribution in [0, 0.1) is 6.92 Å². The first-order valence-electron chi connectivity index (χ1n) is 8.30. The fourth-order valence-electron chi connectivity index (χ4n) is 3.11. The van der Waals surface area contributed by atoms with Crippen LogP contribution in [0.5, 0.6) is 0 Å². The van der Waals surface area contributed by atoms with Gasteiger partial charge in [0.25, 0.3) is 10.2 Å². The molecule has 136 valence electrons. The topological polar surface area (TPSA) is 84.2 Å². The van der Waals surface area contributed by atoms with Crippen molar-refractivity contribution in [3.8, 4) is 11.4 Å². The highest BCUT2D eigenvalue weighted by atomic mass is 32.2. The van der Waals surface area contributed by atoms with Crippen molar-refractivity contribution in [2.24, 2.45) is 7.05 Å². The summed E-state index contributed by atoms with van der Waals surface area (Å²) < 4.78 is 29.1. The largest absolute Gasteiger partial charge is 0.281 e. The van der Waals surface area contributed by atoms with Crippen molar-refractivity contribution >= 4 is 10.2 Å². The zero-order valence-corrected chi connectivity index (χ0v) is 15.9. The predicted molar refractivity (Wildman–Crippen MR) is 95.1 cm³/mol. The van der Waals surface area contributed by atoms with E-state index in [0.29, 0.717) is 13.1 Å². The molecule has 1 saturated heterocycles. The molecule has 1 fully saturated rings. The van der Waals surface area contributed by atoms with Gasteiger partial charge in [-0.25, -0.2) is 9.97 Å². The highest BCUT2D eigenvalue weighted by Crippen LogP contribution is 2.29. The summed E-state index contributed by atoms with van der Waals surface area (Å²) in [6.45, 7) is 2.93. The standard InChI is InChI=1S/C16H24N6O2S/c1-12-11-14(15-5-8-17-21(15)4)19-16(18-12)13-6-9-22(10-7-13)25(23,24)20(2)3/h5,8,11,13H,6-7,9-10H2,1-4H3. The summed E-state index contributed by atoms with van der Waals surface area (Å²) in [7, 11) is 1.66. The Morgan fingerprint density at radius 1 is 1.20 bits per heavy atom. The van der Waals surface area contributed by atoms with E-state index in [-0.39, 0.29) is 5.92 Å². The summed E-state index contributed by atoms with van der Waals surface area (Å²) in [4.78, 5) is 9.33. The zero-order chi connectivity index (χ0) is 18.2. The summed E-state index contributed by atoms with van der Waals surface area (Å²) in [5.41, 5.74) is 2.70. The Kier molecular flexibility index (Phi) is 4.90. The van der Waals surface area contributed by atoms with Crippen LogP contribution in [0.15, 0.2) is 18.3 Å². The van der Waals surface area contributed by atoms with Gasteiger partial charge in [-0.2, -0.15) is 22.1 Å². The van der Waals surface area contributed by atoms with Crippen LogP contribution in [-0.2, 0) is 17.3 Å². The third-order valence-corrected chi connectivity index (χ3v) is 6.50. The van der Waals surface area contributed by atoms with E-state index in [0.717, 1.165) is 35.7 Å². The van der Waals surface area contributed by atoms with E-state index >= 15 is 0 Å². The second kappa shape index (κ2) is 6.81. The first kappa shape index (κ1) is 18.0. The lowest BCUT2D eigenvalue weighted by Gasteiger charge is -2.32. The van der Waals surface area contributed by atoms with E-state index in [1.165, 1.54) is 8.61 Å². The molecule has 3 heterocycles. The van der Waals surface area contributed by atoms with Gasteiger partial charge in [0.2, 0.25) is 0 Å². The minimum atomic E-state index is -3.35. The van der Waals surface area contributed by atoms with Gasteiger partial charge >= 0.3 is 0 Å². The maximum atomic E-state index is 12.2. The molecule has 0 bridgehead atoms. The van der Waals surface area contributed by atoms with Crippen molar-refractivity contribution in [2.45, 2.75) is 25.7 Å². The van der Waals surface area contributed by atoms with Crippen LogP contribution in [0.25, 0.3) is 11.4 Å². The molecular weight excluding hydrogens is 340 g/mol. The van der Waals surface area contributed by atoms with Gasteiger partial charge in [-0.3, -0.25) is 4.68 Å². The Labute approximate surface area is 148 Å². The van der Waals surface area contributed by atoms with Crippen LogP contribution in [0.1, 0.15) is 30.3 Å². The second-order valence-electron chi connectivity index (χ2n) is 6.56. The van der Waals surface area contributed by atoms with Gasteiger partial charge < -0.3 is 0 Å². The molecule has 0 aliphatic carbocycles. The lowest BCUT2D eigenvalue weighted by atomic mass is 9.97. The van der Waals surface area contributed by atoms with Gasteiger partial charge in [-0.15, -0.1) is 0 Å². The molecule has 1 aliphatic heterocycles. The molecule has 2 aromatic rings. The van der Waals surface area contributed by atoms with E-state index in [2.05, 4.69) is 10.1 Å². The third kappa shape index (κ3) is 3.58. The monoisotopic (exact) mass is 364 g/mol. The molecule has 3 rings (SSSR count). The van der Waals surface area contributed by atoms with Crippen LogP contribution in [-0.4, -0.2) is 64.0 Å². The lowest BCUT2D eigenvalue weighted by molar-refractivity contribution is 0.297. The molecule has 8 nitrogen and oxygen atoms in total. The molecule has 0 atom stereocenters. The average molecular weight is 364 g/mol. The molecule has 0 amide bonds. The van der Waals surface area contributed by atoms with Crippen molar-refractivity contribution < 1.29 is 8.42 Å². The lowest BCUT2D eigenvalue weighted by Crippen LogP contribution is -2.44. The van der Waals surface area contributed by atoms with E-state index in [1.807, 2.05) is 26.1 Å². The fraction of sp³-hybridized carbons (Fsp3) is 0.562. The minimum Gasteiger partial charge on any atom is -0.266 e. The van der Waals surface area contributed by atoms with Crippen molar-refractivity contribution in [3.63, 3.8) is 0 Å². The Morgan fingerprint density at radius 3 is 2.44 bits per heavy atom. The third-order valence-electron chi connectivity index (χ3n) is 4.56. The average Bonchev–Trinajstić information content (AvgIpc) is 3.00. The smallest absolute Gasteiger partial charge is 0.266 e. The van der Waals surface area contributed by atoms with Crippen LogP contribution in [0.3, 0.4) is 0 Å². The summed E-state index contributed by atoms with van der Waals surface area (Å²) in [6, 6.07) is 3.88. The Balaban J connectivity index is 1.80. The predicted octanol–water partition coefficient (Wildman–Crippen LogP) is 1.17. The Bertz CT molecular complexity index is 853. The van der Waals surface area contributed by atoms with Gasteiger partial charge in [0.15, 0.2) is 0 Å². The van der Waals surface area contributed by atoms with Crippen molar-refractivity contribution in [3.05, 3.63) is 29.8 Å². The normalized spacial score (nSPS) is 17.3. The summed E-state index contributed by atoms with van der Waals surface area (Å²) in [6.07, 6.45) is 3.19. The maximum absolute atomic E-state index is 12.2. The van der Waals surface area contributed by atoms with Crippen molar-refractivity contribution in [1.29, 1.82) is 0 Å². The Morgan fingerprint density at radius 2 is 1.88 bits per heavy atom. The number of rotatable bonds is 4. The van der Waals surface area contributed by atoms with Crippen LogP contribution >= 0.6 is 0 Å². The number of hydrogen-bond acceptors (Lipinski definition) is 5. The molecule has 9 heteroatoms. The molecule has 2 aromatic heterocycles. The van der Waals surface area contributed by atoms with Gasteiger partial charge in [0, 0.05) is 52.0 Å². The molecular formula is C16H24N6O2S. The highest BCUT2D eigenvalue weighted by molar-refractivity contribution is 7.86. The molecule has 0 N–H and O–H groups in total. The SMILES string of the molecule is Cc1cc(-c2ccnn2C)nc(C2CCN(S(=O)(=O)N(C)C)CC2)n1. The highest BCUT2D eigenvalue weighted by Gasteiger charge is 2.31. The van der Waals surface area contributed by atoms with Crippen LogP contribution in [0.4, 0.5) is 0 Å². The van der Waals surface area contributed by atoms with E-state index < -0.39 is 10.2 Å². The van der Waals surface area contributed by atoms with Crippen LogP contribution < -0.4 is 0 Å². The summed E-state index contributed by atoms with van der Waals surface area (Å²) in [5, 5.41) is 4.20. The second-order valence-corrected chi connectivity index (χ2v) is 8.70. The van der Waals surface area contributed by atoms with Crippen molar-refractivity contribution in [1.82, 2.24) is 28.4 Å². The molecule has 0 aromatic carbocycles. The number of aryl methyl sites for hydroxylation is 2. The van der Waals surface area contributed by atoms with Gasteiger partial charge in [-0.1, -0.05) is 0 Å². The minimum absolute atomic E-state index is 0.167. The van der Waals surface area contributed by atoms with Gasteiger partial charge in [-0.05, 0) is 31.9 Å². The number of hydrogen-bond donors (Lipinski definition) is 0. The number of piperidine rings is 1. The summed E-state index contributed by atoms with van der Waals surface area (Å²) in [5.74, 6) is 0.957. The van der Waals surface area contributed by atoms with E-state index in [4.69, 9.17) is 4.98 Å². The Hall–Kier alpha value is -1.84. The molecule has 0 saturated carbocycles. The first-order valence-corrected chi connectivity index (χ1v) is 9.70. The molecule has 0 spiro atoms.